The van der Waals surface area contributed by atoms with Crippen LogP contribution < -0.4 is 14.4 Å². The summed E-state index contributed by atoms with van der Waals surface area (Å²) in [6, 6.07) is 14.9. The third-order valence-electron chi connectivity index (χ3n) is 4.62. The van der Waals surface area contributed by atoms with Crippen molar-refractivity contribution in [1.29, 1.82) is 0 Å². The smallest absolute Gasteiger partial charge is 0.144 e. The van der Waals surface area contributed by atoms with Crippen LogP contribution in [-0.4, -0.2) is 18.8 Å². The summed E-state index contributed by atoms with van der Waals surface area (Å²) in [5, 5.41) is 0. The highest BCUT2D eigenvalue weighted by molar-refractivity contribution is 9.11. The fraction of sp³-hybridized carbons (Fsp3) is 0.300. The molecule has 2 aromatic carbocycles. The lowest BCUT2D eigenvalue weighted by atomic mass is 9.93. The molecule has 4 rings (SSSR count). The van der Waals surface area contributed by atoms with E-state index in [2.05, 4.69) is 73.2 Å². The van der Waals surface area contributed by atoms with Gasteiger partial charge in [0.2, 0.25) is 0 Å². The maximum Gasteiger partial charge on any atom is 0.144 e. The van der Waals surface area contributed by atoms with Gasteiger partial charge < -0.3 is 14.4 Å². The molecule has 5 heteroatoms. The highest BCUT2D eigenvalue weighted by Crippen LogP contribution is 2.46. The van der Waals surface area contributed by atoms with Crippen molar-refractivity contribution in [1.82, 2.24) is 0 Å². The average molecular weight is 465 g/mol. The summed E-state index contributed by atoms with van der Waals surface area (Å²) in [4.78, 5) is 2.40. The predicted molar refractivity (Wildman–Crippen MR) is 108 cm³/mol. The van der Waals surface area contributed by atoms with Crippen molar-refractivity contribution in [2.45, 2.75) is 31.9 Å². The Balaban J connectivity index is 1.77. The highest BCUT2D eigenvalue weighted by atomic mass is 79.9. The molecule has 0 radical (unpaired) electrons. The van der Waals surface area contributed by atoms with Crippen LogP contribution in [0, 0.1) is 0 Å². The number of rotatable bonds is 3. The van der Waals surface area contributed by atoms with Gasteiger partial charge in [-0.05, 0) is 60.3 Å². The second-order valence-electron chi connectivity index (χ2n) is 6.22. The minimum absolute atomic E-state index is 0.132. The molecule has 2 unspecified atom stereocenters. The lowest BCUT2D eigenvalue weighted by Gasteiger charge is -2.45. The normalized spacial score (nSPS) is 21.7. The Kier molecular flexibility index (Phi) is 4.78. The van der Waals surface area contributed by atoms with Gasteiger partial charge >= 0.3 is 0 Å². The average Bonchev–Trinajstić information content (AvgIpc) is 2.60. The topological polar surface area (TPSA) is 21.7 Å². The standard InChI is InChI=1S/C20H19Br2NO2/c1-2-24-16-7-5-15(6-8-16)23-17-9-3-13(21)11-19(17)25-20-12-14(22)4-10-18(20)23/h3-9,11,18,20H,2,10,12H2,1H3. The van der Waals surface area contributed by atoms with Gasteiger partial charge in [0.15, 0.2) is 0 Å². The number of fused-ring (bicyclic) bond motifs is 2. The van der Waals surface area contributed by atoms with E-state index < -0.39 is 0 Å². The molecule has 0 fully saturated rings. The summed E-state index contributed by atoms with van der Waals surface area (Å²) in [6.07, 6.45) is 4.24. The van der Waals surface area contributed by atoms with Crippen molar-refractivity contribution in [3.63, 3.8) is 0 Å². The lowest BCUT2D eigenvalue weighted by molar-refractivity contribution is 0.154. The molecule has 0 amide bonds. The van der Waals surface area contributed by atoms with Gasteiger partial charge in [-0.2, -0.15) is 0 Å². The minimum Gasteiger partial charge on any atom is -0.494 e. The van der Waals surface area contributed by atoms with Crippen LogP contribution in [0.15, 0.2) is 57.5 Å². The molecule has 2 aromatic rings. The molecule has 0 bridgehead atoms. The quantitative estimate of drug-likeness (QED) is 0.540. The Morgan fingerprint density at radius 3 is 2.72 bits per heavy atom. The van der Waals surface area contributed by atoms with Crippen LogP contribution in [0.1, 0.15) is 19.8 Å². The van der Waals surface area contributed by atoms with Gasteiger partial charge in [-0.15, -0.1) is 0 Å². The third-order valence-corrected chi connectivity index (χ3v) is 5.76. The van der Waals surface area contributed by atoms with E-state index in [4.69, 9.17) is 9.47 Å². The second kappa shape index (κ2) is 7.04. The number of hydrogen-bond acceptors (Lipinski definition) is 3. The molecule has 0 N–H and O–H groups in total. The van der Waals surface area contributed by atoms with Gasteiger partial charge in [0.25, 0.3) is 0 Å². The van der Waals surface area contributed by atoms with Gasteiger partial charge in [-0.25, -0.2) is 0 Å². The van der Waals surface area contributed by atoms with Gasteiger partial charge in [-0.1, -0.05) is 37.9 Å². The molecule has 130 valence electrons. The van der Waals surface area contributed by atoms with Crippen molar-refractivity contribution in [2.24, 2.45) is 0 Å². The van der Waals surface area contributed by atoms with E-state index in [-0.39, 0.29) is 12.1 Å². The Morgan fingerprint density at radius 2 is 1.96 bits per heavy atom. The molecule has 25 heavy (non-hydrogen) atoms. The fourth-order valence-corrected chi connectivity index (χ4v) is 4.37. The van der Waals surface area contributed by atoms with Crippen molar-refractivity contribution in [2.75, 3.05) is 11.5 Å². The van der Waals surface area contributed by atoms with Gasteiger partial charge in [0.05, 0.1) is 18.3 Å². The first-order valence-corrected chi connectivity index (χ1v) is 10.1. The van der Waals surface area contributed by atoms with E-state index in [0.29, 0.717) is 6.61 Å². The molecule has 3 nitrogen and oxygen atoms in total. The largest absolute Gasteiger partial charge is 0.494 e. The van der Waals surface area contributed by atoms with Gasteiger partial charge in [0.1, 0.15) is 17.6 Å². The van der Waals surface area contributed by atoms with E-state index in [1.807, 2.05) is 19.1 Å². The highest BCUT2D eigenvalue weighted by Gasteiger charge is 2.38. The fourth-order valence-electron chi connectivity index (χ4n) is 3.53. The number of ether oxygens (including phenoxy) is 2. The first-order valence-electron chi connectivity index (χ1n) is 8.48. The van der Waals surface area contributed by atoms with Crippen LogP contribution >= 0.6 is 31.9 Å². The zero-order valence-electron chi connectivity index (χ0n) is 13.9. The molecule has 2 aliphatic rings. The summed E-state index contributed by atoms with van der Waals surface area (Å²) >= 11 is 7.20. The number of nitrogens with zero attached hydrogens (tertiary/aromatic N) is 1. The number of hydrogen-bond donors (Lipinski definition) is 0. The van der Waals surface area contributed by atoms with E-state index in [1.54, 1.807) is 0 Å². The third kappa shape index (κ3) is 3.32. The van der Waals surface area contributed by atoms with E-state index in [0.717, 1.165) is 40.2 Å². The van der Waals surface area contributed by atoms with Crippen molar-refractivity contribution >= 4 is 43.2 Å². The summed E-state index contributed by atoms with van der Waals surface area (Å²) < 4.78 is 14.2. The second-order valence-corrected chi connectivity index (χ2v) is 8.16. The first kappa shape index (κ1) is 17.0. The summed E-state index contributed by atoms with van der Waals surface area (Å²) in [5.74, 6) is 1.82. The van der Waals surface area contributed by atoms with Crippen LogP contribution in [-0.2, 0) is 0 Å². The van der Waals surface area contributed by atoms with Crippen LogP contribution in [0.2, 0.25) is 0 Å². The Morgan fingerprint density at radius 1 is 1.16 bits per heavy atom. The maximum atomic E-state index is 6.33. The molecule has 0 saturated carbocycles. The van der Waals surface area contributed by atoms with Crippen molar-refractivity contribution in [3.05, 3.63) is 57.5 Å². The molecule has 1 heterocycles. The Labute approximate surface area is 164 Å². The van der Waals surface area contributed by atoms with Gasteiger partial charge in [-0.3, -0.25) is 0 Å². The number of halogens is 2. The summed E-state index contributed by atoms with van der Waals surface area (Å²) in [6.45, 7) is 2.68. The Hall–Kier alpha value is -1.46. The summed E-state index contributed by atoms with van der Waals surface area (Å²) in [7, 11) is 0. The molecule has 0 spiro atoms. The maximum absolute atomic E-state index is 6.33. The van der Waals surface area contributed by atoms with Crippen molar-refractivity contribution < 1.29 is 9.47 Å². The molecule has 2 atom stereocenters. The van der Waals surface area contributed by atoms with E-state index in [9.17, 15) is 0 Å². The minimum atomic E-state index is 0.132. The van der Waals surface area contributed by atoms with E-state index in [1.165, 1.54) is 4.48 Å². The molecule has 1 aliphatic carbocycles. The van der Waals surface area contributed by atoms with Crippen LogP contribution in [0.3, 0.4) is 0 Å². The zero-order valence-corrected chi connectivity index (χ0v) is 17.1. The molecule has 1 aliphatic heterocycles. The first-order chi connectivity index (χ1) is 12.2. The van der Waals surface area contributed by atoms with E-state index >= 15 is 0 Å². The molecular formula is C20H19Br2NO2. The van der Waals surface area contributed by atoms with Crippen LogP contribution in [0.5, 0.6) is 11.5 Å². The number of benzene rings is 2. The summed E-state index contributed by atoms with van der Waals surface area (Å²) in [5.41, 5.74) is 2.27. The SMILES string of the molecule is CCOc1ccc(N2c3ccc(Br)cc3OC3CC(Br)=CCC32)cc1. The van der Waals surface area contributed by atoms with Crippen molar-refractivity contribution in [3.8, 4) is 11.5 Å². The molecule has 0 aromatic heterocycles. The zero-order chi connectivity index (χ0) is 17.4. The Bertz CT molecular complexity index is 804. The molecule has 0 saturated heterocycles. The van der Waals surface area contributed by atoms with Gasteiger partial charge in [0, 0.05) is 16.6 Å². The predicted octanol–water partition coefficient (Wildman–Crippen LogP) is 6.19. The monoisotopic (exact) mass is 463 g/mol. The number of anilines is 2. The lowest BCUT2D eigenvalue weighted by Crippen LogP contribution is -2.48. The molecular weight excluding hydrogens is 446 g/mol. The van der Waals surface area contributed by atoms with Crippen LogP contribution in [0.4, 0.5) is 11.4 Å². The van der Waals surface area contributed by atoms with Crippen LogP contribution in [0.25, 0.3) is 0 Å².